The molecule has 0 aliphatic heterocycles. The average molecular weight is 253 g/mol. The number of hydrogen-bond acceptors (Lipinski definition) is 3. The number of carbonyl (C=O) groups is 1. The number of rotatable bonds is 3. The van der Waals surface area contributed by atoms with Gasteiger partial charge in [-0.05, 0) is 27.7 Å². The molecule has 0 aromatic rings. The summed E-state index contributed by atoms with van der Waals surface area (Å²) in [5, 5.41) is 0.767. The van der Waals surface area contributed by atoms with Gasteiger partial charge in [-0.15, -0.1) is 0 Å². The monoisotopic (exact) mass is 252 g/mol. The zero-order valence-corrected chi connectivity index (χ0v) is 10.1. The molecule has 0 saturated heterocycles. The second-order valence-electron chi connectivity index (χ2n) is 3.83. The Morgan fingerprint density at radius 1 is 1.54 bits per heavy atom. The summed E-state index contributed by atoms with van der Waals surface area (Å²) in [7, 11) is 0. The highest BCUT2D eigenvalue weighted by Crippen LogP contribution is 2.05. The molecule has 1 atom stereocenters. The van der Waals surface area contributed by atoms with Crippen molar-refractivity contribution in [1.82, 2.24) is 10.9 Å². The molecule has 0 saturated carbocycles. The van der Waals surface area contributed by atoms with Crippen molar-refractivity contribution >= 4 is 22.0 Å². The molecule has 0 aliphatic rings. The molecule has 0 aromatic carbocycles. The van der Waals surface area contributed by atoms with Crippen LogP contribution in [0, 0.1) is 0 Å². The van der Waals surface area contributed by atoms with Crippen LogP contribution < -0.4 is 10.9 Å². The van der Waals surface area contributed by atoms with E-state index in [9.17, 15) is 4.79 Å². The molecular weight excluding hydrogens is 236 g/mol. The van der Waals surface area contributed by atoms with E-state index in [1.807, 2.05) is 27.7 Å². The number of nitrogens with one attached hydrogen (secondary N) is 2. The summed E-state index contributed by atoms with van der Waals surface area (Å²) in [4.78, 5) is 11.1. The van der Waals surface area contributed by atoms with Gasteiger partial charge in [0.25, 0.3) is 0 Å². The van der Waals surface area contributed by atoms with Gasteiger partial charge in [0.15, 0.2) is 0 Å². The van der Waals surface area contributed by atoms with Crippen molar-refractivity contribution in [3.63, 3.8) is 0 Å². The molecule has 0 unspecified atom stereocenters. The average Bonchev–Trinajstić information content (AvgIpc) is 1.97. The summed E-state index contributed by atoms with van der Waals surface area (Å²) >= 11 is 3.27. The van der Waals surface area contributed by atoms with Crippen LogP contribution in [0.25, 0.3) is 0 Å². The molecule has 0 radical (unpaired) electrons. The third kappa shape index (κ3) is 8.05. The lowest BCUT2D eigenvalue weighted by Crippen LogP contribution is -2.45. The fourth-order valence-corrected chi connectivity index (χ4v) is 0.686. The molecule has 0 aliphatic carbocycles. The van der Waals surface area contributed by atoms with Crippen molar-refractivity contribution in [1.29, 1.82) is 0 Å². The molecule has 4 nitrogen and oxygen atoms in total. The Bertz CT molecular complexity index is 168. The van der Waals surface area contributed by atoms with Gasteiger partial charge in [0.1, 0.15) is 5.60 Å². The van der Waals surface area contributed by atoms with Gasteiger partial charge in [-0.1, -0.05) is 15.9 Å². The van der Waals surface area contributed by atoms with Crippen LogP contribution in [0.2, 0.25) is 0 Å². The zero-order valence-electron chi connectivity index (χ0n) is 8.48. The van der Waals surface area contributed by atoms with Gasteiger partial charge in [0, 0.05) is 11.4 Å². The van der Waals surface area contributed by atoms with E-state index in [0.717, 1.165) is 5.33 Å². The van der Waals surface area contributed by atoms with Gasteiger partial charge in [0.2, 0.25) is 0 Å². The highest BCUT2D eigenvalue weighted by Gasteiger charge is 2.15. The van der Waals surface area contributed by atoms with Gasteiger partial charge in [-0.2, -0.15) is 0 Å². The van der Waals surface area contributed by atoms with Gasteiger partial charge < -0.3 is 4.74 Å². The Morgan fingerprint density at radius 2 is 2.08 bits per heavy atom. The quantitative estimate of drug-likeness (QED) is 0.595. The summed E-state index contributed by atoms with van der Waals surface area (Å²) < 4.78 is 5.00. The van der Waals surface area contributed by atoms with Crippen molar-refractivity contribution in [2.75, 3.05) is 5.33 Å². The summed E-state index contributed by atoms with van der Waals surface area (Å²) in [5.41, 5.74) is 4.78. The van der Waals surface area contributed by atoms with Crippen LogP contribution in [0.3, 0.4) is 0 Å². The van der Waals surface area contributed by atoms with E-state index in [1.165, 1.54) is 0 Å². The van der Waals surface area contributed by atoms with Crippen LogP contribution in [0.4, 0.5) is 4.79 Å². The lowest BCUT2D eigenvalue weighted by Gasteiger charge is -2.20. The third-order valence-corrected chi connectivity index (χ3v) is 2.02. The normalized spacial score (nSPS) is 13.6. The minimum Gasteiger partial charge on any atom is -0.443 e. The maximum atomic E-state index is 11.1. The van der Waals surface area contributed by atoms with E-state index in [1.54, 1.807) is 0 Å². The van der Waals surface area contributed by atoms with E-state index in [2.05, 4.69) is 26.8 Å². The predicted molar refractivity (Wildman–Crippen MR) is 55.8 cm³/mol. The molecule has 2 N–H and O–H groups in total. The second-order valence-corrected chi connectivity index (χ2v) is 4.47. The Morgan fingerprint density at radius 3 is 2.46 bits per heavy atom. The maximum absolute atomic E-state index is 11.1. The smallest absolute Gasteiger partial charge is 0.422 e. The Hall–Kier alpha value is -0.290. The number of hydrogen-bond donors (Lipinski definition) is 2. The minimum atomic E-state index is -0.458. The largest absolute Gasteiger partial charge is 0.443 e. The Kier molecular flexibility index (Phi) is 5.32. The van der Waals surface area contributed by atoms with E-state index in [4.69, 9.17) is 4.74 Å². The second kappa shape index (κ2) is 5.44. The number of carbonyl (C=O) groups excluding carboxylic acids is 1. The highest BCUT2D eigenvalue weighted by atomic mass is 79.9. The molecule has 0 rings (SSSR count). The van der Waals surface area contributed by atoms with Crippen LogP contribution in [0.1, 0.15) is 27.7 Å². The van der Waals surface area contributed by atoms with Crippen LogP contribution in [0.5, 0.6) is 0 Å². The molecule has 78 valence electrons. The van der Waals surface area contributed by atoms with E-state index in [0.29, 0.717) is 0 Å². The number of alkyl halides is 1. The maximum Gasteiger partial charge on any atom is 0.422 e. The molecule has 0 heterocycles. The fraction of sp³-hybridized carbons (Fsp3) is 0.875. The summed E-state index contributed by atoms with van der Waals surface area (Å²) in [6, 6.07) is 0.174. The van der Waals surface area contributed by atoms with Gasteiger partial charge in [-0.3, -0.25) is 5.43 Å². The van der Waals surface area contributed by atoms with Gasteiger partial charge in [0.05, 0.1) is 0 Å². The first-order valence-electron chi connectivity index (χ1n) is 4.15. The highest BCUT2D eigenvalue weighted by molar-refractivity contribution is 9.09. The van der Waals surface area contributed by atoms with E-state index >= 15 is 0 Å². The van der Waals surface area contributed by atoms with Crippen molar-refractivity contribution in [2.24, 2.45) is 0 Å². The summed E-state index contributed by atoms with van der Waals surface area (Å²) in [6.07, 6.45) is -0.458. The van der Waals surface area contributed by atoms with Crippen molar-refractivity contribution in [3.05, 3.63) is 0 Å². The van der Waals surface area contributed by atoms with Crippen LogP contribution in [-0.4, -0.2) is 23.1 Å². The van der Waals surface area contributed by atoms with E-state index in [-0.39, 0.29) is 6.04 Å². The summed E-state index contributed by atoms with van der Waals surface area (Å²) in [6.45, 7) is 7.40. The number of ether oxygens (including phenoxy) is 1. The standard InChI is InChI=1S/C8H17BrN2O2/c1-6(5-9)10-11-7(12)13-8(2,3)4/h6,10H,5H2,1-4H3,(H,11,12)/t6-/m1/s1. The lowest BCUT2D eigenvalue weighted by molar-refractivity contribution is 0.0492. The number of amides is 1. The molecule has 0 spiro atoms. The minimum absolute atomic E-state index is 0.174. The van der Waals surface area contributed by atoms with Crippen LogP contribution in [0.15, 0.2) is 0 Å². The number of hydrazine groups is 1. The first-order valence-corrected chi connectivity index (χ1v) is 5.28. The first-order chi connectivity index (χ1) is 5.85. The fourth-order valence-electron chi connectivity index (χ4n) is 0.524. The van der Waals surface area contributed by atoms with Crippen molar-refractivity contribution in [2.45, 2.75) is 39.3 Å². The topological polar surface area (TPSA) is 50.4 Å². The number of halogens is 1. The van der Waals surface area contributed by atoms with E-state index < -0.39 is 11.7 Å². The van der Waals surface area contributed by atoms with Crippen LogP contribution in [-0.2, 0) is 4.74 Å². The molecule has 0 bridgehead atoms. The molecule has 0 fully saturated rings. The predicted octanol–water partition coefficient (Wildman–Crippen LogP) is 1.80. The third-order valence-electron chi connectivity index (χ3n) is 1.05. The van der Waals surface area contributed by atoms with Crippen molar-refractivity contribution in [3.8, 4) is 0 Å². The molecule has 5 heteroatoms. The first kappa shape index (κ1) is 12.7. The van der Waals surface area contributed by atoms with Crippen molar-refractivity contribution < 1.29 is 9.53 Å². The molecule has 1 amide bonds. The lowest BCUT2D eigenvalue weighted by atomic mass is 10.2. The molecule has 13 heavy (non-hydrogen) atoms. The van der Waals surface area contributed by atoms with Crippen LogP contribution >= 0.6 is 15.9 Å². The zero-order chi connectivity index (χ0) is 10.5. The Balaban J connectivity index is 3.64. The molecular formula is C8H17BrN2O2. The summed E-state index contributed by atoms with van der Waals surface area (Å²) in [5.74, 6) is 0. The Labute approximate surface area is 87.5 Å². The SMILES string of the molecule is C[C@H](CBr)NNC(=O)OC(C)(C)C. The van der Waals surface area contributed by atoms with Gasteiger partial charge in [-0.25, -0.2) is 10.2 Å². The molecule has 0 aromatic heterocycles. The van der Waals surface area contributed by atoms with Gasteiger partial charge >= 0.3 is 6.09 Å².